The van der Waals surface area contributed by atoms with Crippen molar-refractivity contribution in [2.75, 3.05) is 5.32 Å². The van der Waals surface area contributed by atoms with Gasteiger partial charge >= 0.3 is 0 Å². The Morgan fingerprint density at radius 2 is 2.06 bits per heavy atom. The Morgan fingerprint density at radius 1 is 1.33 bits per heavy atom. The molecule has 0 fully saturated rings. The molecule has 2 rings (SSSR count). The summed E-state index contributed by atoms with van der Waals surface area (Å²) in [7, 11) is 0. The van der Waals surface area contributed by atoms with Crippen molar-refractivity contribution < 1.29 is 4.79 Å². The fourth-order valence-corrected chi connectivity index (χ4v) is 2.50. The maximum atomic E-state index is 12.0. The number of hydrogen-bond acceptors (Lipinski definition) is 4. The van der Waals surface area contributed by atoms with Gasteiger partial charge in [-0.15, -0.1) is 11.3 Å². The summed E-state index contributed by atoms with van der Waals surface area (Å²) >= 11 is 13.1. The first-order valence-corrected chi connectivity index (χ1v) is 6.60. The van der Waals surface area contributed by atoms with Crippen molar-refractivity contribution in [2.45, 2.75) is 13.8 Å². The molecule has 0 spiro atoms. The molecule has 94 valence electrons. The molecule has 0 aliphatic carbocycles. The van der Waals surface area contributed by atoms with E-state index in [4.69, 9.17) is 23.2 Å². The lowest BCUT2D eigenvalue weighted by molar-refractivity contribution is 0.103. The van der Waals surface area contributed by atoms with Crippen molar-refractivity contribution in [3.8, 4) is 0 Å². The van der Waals surface area contributed by atoms with Gasteiger partial charge in [0.1, 0.15) is 11.3 Å². The third-order valence-corrected chi connectivity index (χ3v) is 4.26. The highest BCUT2D eigenvalue weighted by Gasteiger charge is 2.14. The highest BCUT2D eigenvalue weighted by atomic mass is 35.5. The summed E-state index contributed by atoms with van der Waals surface area (Å²) < 4.78 is 0. The lowest BCUT2D eigenvalue weighted by Gasteiger charge is -2.04. The first-order valence-electron chi connectivity index (χ1n) is 5.03. The molecule has 0 bridgehead atoms. The van der Waals surface area contributed by atoms with Gasteiger partial charge in [0.05, 0.1) is 4.88 Å². The third-order valence-electron chi connectivity index (χ3n) is 2.37. The number of aromatic nitrogens is 2. The molecule has 2 aromatic heterocycles. The van der Waals surface area contributed by atoms with Crippen LogP contribution >= 0.6 is 34.5 Å². The molecular weight excluding hydrogens is 293 g/mol. The predicted octanol–water partition coefficient (Wildman–Crippen LogP) is 3.71. The molecule has 4 nitrogen and oxygen atoms in total. The molecule has 18 heavy (non-hydrogen) atoms. The first kappa shape index (κ1) is 13.3. The van der Waals surface area contributed by atoms with Gasteiger partial charge in [-0.1, -0.05) is 23.2 Å². The standard InChI is InChI=1S/C11H9Cl2N3OS/c1-5-3-7(18-6(5)2)11(17)16-10-8(12)9(13)14-4-15-10/h3-4H,1-2H3,(H,14,15,16,17). The fourth-order valence-electron chi connectivity index (χ4n) is 1.29. The number of aryl methyl sites for hydroxylation is 2. The van der Waals surface area contributed by atoms with Crippen LogP contribution in [-0.4, -0.2) is 15.9 Å². The maximum absolute atomic E-state index is 12.0. The molecule has 0 saturated carbocycles. The summed E-state index contributed by atoms with van der Waals surface area (Å²) in [6.45, 7) is 3.92. The average molecular weight is 302 g/mol. The van der Waals surface area contributed by atoms with E-state index in [1.807, 2.05) is 19.9 Å². The summed E-state index contributed by atoms with van der Waals surface area (Å²) in [6, 6.07) is 1.83. The zero-order valence-electron chi connectivity index (χ0n) is 9.62. The summed E-state index contributed by atoms with van der Waals surface area (Å²) in [5, 5.41) is 2.86. The number of hydrogen-bond donors (Lipinski definition) is 1. The second-order valence-electron chi connectivity index (χ2n) is 3.63. The first-order chi connectivity index (χ1) is 8.49. The van der Waals surface area contributed by atoms with E-state index in [-0.39, 0.29) is 21.9 Å². The lowest BCUT2D eigenvalue weighted by atomic mass is 10.3. The lowest BCUT2D eigenvalue weighted by Crippen LogP contribution is -2.12. The van der Waals surface area contributed by atoms with Gasteiger partial charge in [-0.25, -0.2) is 9.97 Å². The van der Waals surface area contributed by atoms with Gasteiger partial charge in [0.25, 0.3) is 5.91 Å². The summed E-state index contributed by atoms with van der Waals surface area (Å²) in [6.07, 6.45) is 1.24. The molecule has 0 aromatic carbocycles. The Bertz CT molecular complexity index is 593. The topological polar surface area (TPSA) is 54.9 Å². The minimum absolute atomic E-state index is 0.112. The quantitative estimate of drug-likeness (QED) is 0.860. The van der Waals surface area contributed by atoms with Gasteiger partial charge in [-0.05, 0) is 25.5 Å². The van der Waals surface area contributed by atoms with E-state index in [0.29, 0.717) is 4.88 Å². The Kier molecular flexibility index (Phi) is 3.85. The van der Waals surface area contributed by atoms with Crippen molar-refractivity contribution in [3.05, 3.63) is 37.9 Å². The molecular formula is C11H9Cl2N3OS. The number of carbonyl (C=O) groups excluding carboxylic acids is 1. The van der Waals surface area contributed by atoms with Crippen molar-refractivity contribution >= 4 is 46.3 Å². The van der Waals surface area contributed by atoms with Crippen LogP contribution in [0.1, 0.15) is 20.1 Å². The Hall–Kier alpha value is -1.17. The van der Waals surface area contributed by atoms with Crippen molar-refractivity contribution in [1.29, 1.82) is 0 Å². The van der Waals surface area contributed by atoms with Crippen LogP contribution in [-0.2, 0) is 0 Å². The van der Waals surface area contributed by atoms with Crippen LogP contribution in [0, 0.1) is 13.8 Å². The van der Waals surface area contributed by atoms with Crippen molar-refractivity contribution in [2.24, 2.45) is 0 Å². The van der Waals surface area contributed by atoms with Crippen LogP contribution in [0.4, 0.5) is 5.82 Å². The van der Waals surface area contributed by atoms with Gasteiger partial charge in [0.2, 0.25) is 0 Å². The molecule has 0 radical (unpaired) electrons. The highest BCUT2D eigenvalue weighted by molar-refractivity contribution is 7.14. The monoisotopic (exact) mass is 301 g/mol. The molecule has 0 aliphatic heterocycles. The number of halogens is 2. The van der Waals surface area contributed by atoms with Gasteiger partial charge < -0.3 is 5.32 Å². The molecule has 2 aromatic rings. The van der Waals surface area contributed by atoms with Gasteiger partial charge in [0, 0.05) is 4.88 Å². The molecule has 7 heteroatoms. The van der Waals surface area contributed by atoms with E-state index in [2.05, 4.69) is 15.3 Å². The normalized spacial score (nSPS) is 10.4. The van der Waals surface area contributed by atoms with Gasteiger partial charge in [-0.3, -0.25) is 4.79 Å². The Balaban J connectivity index is 2.24. The van der Waals surface area contributed by atoms with E-state index < -0.39 is 0 Å². The molecule has 0 atom stereocenters. The number of carbonyl (C=O) groups is 1. The van der Waals surface area contributed by atoms with E-state index in [1.54, 1.807) is 0 Å². The largest absolute Gasteiger partial charge is 0.304 e. The van der Waals surface area contributed by atoms with E-state index in [9.17, 15) is 4.79 Å². The second-order valence-corrected chi connectivity index (χ2v) is 5.62. The van der Waals surface area contributed by atoms with Crippen LogP contribution < -0.4 is 5.32 Å². The smallest absolute Gasteiger partial charge is 0.266 e. The SMILES string of the molecule is Cc1cc(C(=O)Nc2ncnc(Cl)c2Cl)sc1C. The minimum atomic E-state index is -0.257. The minimum Gasteiger partial charge on any atom is -0.304 e. The summed E-state index contributed by atoms with van der Waals surface area (Å²) in [4.78, 5) is 21.3. The fraction of sp³-hybridized carbons (Fsp3) is 0.182. The Labute approximate surface area is 118 Å². The van der Waals surface area contributed by atoms with Gasteiger partial charge in [0.15, 0.2) is 11.0 Å². The molecule has 1 amide bonds. The maximum Gasteiger partial charge on any atom is 0.266 e. The molecule has 0 aliphatic rings. The number of rotatable bonds is 2. The van der Waals surface area contributed by atoms with Crippen LogP contribution in [0.3, 0.4) is 0 Å². The van der Waals surface area contributed by atoms with Crippen LogP contribution in [0.2, 0.25) is 10.2 Å². The molecule has 0 saturated heterocycles. The summed E-state index contributed by atoms with van der Waals surface area (Å²) in [5.41, 5.74) is 1.08. The van der Waals surface area contributed by atoms with Crippen LogP contribution in [0.5, 0.6) is 0 Å². The predicted molar refractivity (Wildman–Crippen MR) is 73.8 cm³/mol. The number of thiophene rings is 1. The summed E-state index contributed by atoms with van der Waals surface area (Å²) in [5.74, 6) is -0.0433. The number of amides is 1. The average Bonchev–Trinajstić information content (AvgIpc) is 2.66. The third kappa shape index (κ3) is 2.63. The molecule has 1 N–H and O–H groups in total. The number of nitrogens with one attached hydrogen (secondary N) is 1. The van der Waals surface area contributed by atoms with Crippen LogP contribution in [0.25, 0.3) is 0 Å². The van der Waals surface area contributed by atoms with Gasteiger partial charge in [-0.2, -0.15) is 0 Å². The number of anilines is 1. The van der Waals surface area contributed by atoms with E-state index >= 15 is 0 Å². The molecule has 0 unspecified atom stereocenters. The Morgan fingerprint density at radius 3 is 2.67 bits per heavy atom. The highest BCUT2D eigenvalue weighted by Crippen LogP contribution is 2.27. The van der Waals surface area contributed by atoms with E-state index in [0.717, 1.165) is 10.4 Å². The van der Waals surface area contributed by atoms with Crippen LogP contribution in [0.15, 0.2) is 12.4 Å². The number of nitrogens with zero attached hydrogens (tertiary/aromatic N) is 2. The zero-order chi connectivity index (χ0) is 13.3. The van der Waals surface area contributed by atoms with Crippen molar-refractivity contribution in [3.63, 3.8) is 0 Å². The van der Waals surface area contributed by atoms with Crippen molar-refractivity contribution in [1.82, 2.24) is 9.97 Å². The zero-order valence-corrected chi connectivity index (χ0v) is 11.9. The van der Waals surface area contributed by atoms with E-state index in [1.165, 1.54) is 17.7 Å². The molecule has 2 heterocycles. The second kappa shape index (κ2) is 5.22.